The number of rotatable bonds is 11. The van der Waals surface area contributed by atoms with Crippen LogP contribution >= 0.6 is 0 Å². The fourth-order valence-electron chi connectivity index (χ4n) is 1.67. The molecule has 3 unspecified atom stereocenters. The first-order valence-corrected chi connectivity index (χ1v) is 8.29. The molecule has 110 valence electrons. The van der Waals surface area contributed by atoms with Crippen molar-refractivity contribution < 1.29 is 14.1 Å². The number of aliphatic hydroxyl groups is 1. The first-order chi connectivity index (χ1) is 8.45. The molecule has 18 heavy (non-hydrogen) atoms. The Bertz CT molecular complexity index is 224. The smallest absolute Gasteiger partial charge is 0.0897 e. The average molecular weight is 279 g/mol. The first-order valence-electron chi connectivity index (χ1n) is 6.81. The van der Waals surface area contributed by atoms with Crippen molar-refractivity contribution >= 4 is 10.8 Å². The molecule has 0 saturated carbocycles. The molecule has 0 spiro atoms. The summed E-state index contributed by atoms with van der Waals surface area (Å²) in [5.41, 5.74) is 0. The van der Waals surface area contributed by atoms with E-state index in [0.717, 1.165) is 6.42 Å². The van der Waals surface area contributed by atoms with Crippen LogP contribution in [-0.2, 0) is 15.5 Å². The van der Waals surface area contributed by atoms with Crippen LogP contribution in [0.1, 0.15) is 34.1 Å². The first kappa shape index (κ1) is 18.0. The van der Waals surface area contributed by atoms with Crippen LogP contribution in [0.15, 0.2) is 0 Å². The van der Waals surface area contributed by atoms with Crippen molar-refractivity contribution in [3.8, 4) is 0 Å². The molecule has 0 aliphatic carbocycles. The van der Waals surface area contributed by atoms with E-state index >= 15 is 0 Å². The lowest BCUT2D eigenvalue weighted by atomic mass is 10.1. The molecule has 0 fully saturated rings. The molecule has 0 bridgehead atoms. The van der Waals surface area contributed by atoms with Gasteiger partial charge in [0.1, 0.15) is 0 Å². The monoisotopic (exact) mass is 279 g/mol. The minimum absolute atomic E-state index is 0.187. The van der Waals surface area contributed by atoms with Gasteiger partial charge in [0, 0.05) is 35.4 Å². The van der Waals surface area contributed by atoms with Gasteiger partial charge in [0.2, 0.25) is 0 Å². The Morgan fingerprint density at radius 1 is 1.33 bits per heavy atom. The summed E-state index contributed by atoms with van der Waals surface area (Å²) in [5, 5.41) is 12.8. The van der Waals surface area contributed by atoms with Gasteiger partial charge in [-0.1, -0.05) is 20.8 Å². The Hall–Kier alpha value is 0.0300. The molecule has 0 aliphatic rings. The molecule has 0 aromatic heterocycles. The van der Waals surface area contributed by atoms with Crippen LogP contribution in [0.5, 0.6) is 0 Å². The van der Waals surface area contributed by atoms with Gasteiger partial charge in [0.15, 0.2) is 0 Å². The zero-order chi connectivity index (χ0) is 14.0. The van der Waals surface area contributed by atoms with Crippen molar-refractivity contribution in [3.05, 3.63) is 0 Å². The minimum atomic E-state index is -0.735. The summed E-state index contributed by atoms with van der Waals surface area (Å²) in [5.74, 6) is 1.95. The van der Waals surface area contributed by atoms with Crippen LogP contribution in [0.4, 0.5) is 0 Å². The maximum atomic E-state index is 11.2. The highest BCUT2D eigenvalue weighted by molar-refractivity contribution is 7.84. The zero-order valence-electron chi connectivity index (χ0n) is 12.1. The highest BCUT2D eigenvalue weighted by atomic mass is 32.2. The van der Waals surface area contributed by atoms with Crippen LogP contribution in [0.2, 0.25) is 0 Å². The summed E-state index contributed by atoms with van der Waals surface area (Å²) in [6.07, 6.45) is 0.706. The van der Waals surface area contributed by atoms with E-state index in [1.807, 2.05) is 13.8 Å². The van der Waals surface area contributed by atoms with Gasteiger partial charge in [-0.2, -0.15) is 0 Å². The number of aliphatic hydroxyl groups excluding tert-OH is 1. The number of hydrogen-bond acceptors (Lipinski definition) is 4. The summed E-state index contributed by atoms with van der Waals surface area (Å²) >= 11 is 0. The summed E-state index contributed by atoms with van der Waals surface area (Å²) in [6.45, 7) is 9.79. The Kier molecular flexibility index (Phi) is 10.9. The fraction of sp³-hybridized carbons (Fsp3) is 1.00. The molecule has 4 nitrogen and oxygen atoms in total. The van der Waals surface area contributed by atoms with Gasteiger partial charge in [-0.3, -0.25) is 4.21 Å². The lowest BCUT2D eigenvalue weighted by molar-refractivity contribution is -0.00829. The van der Waals surface area contributed by atoms with E-state index in [9.17, 15) is 9.32 Å². The largest absolute Gasteiger partial charge is 0.389 e. The maximum absolute atomic E-state index is 11.2. The van der Waals surface area contributed by atoms with E-state index in [2.05, 4.69) is 19.2 Å². The van der Waals surface area contributed by atoms with Crippen LogP contribution < -0.4 is 5.32 Å². The second-order valence-corrected chi connectivity index (χ2v) is 6.93. The summed E-state index contributed by atoms with van der Waals surface area (Å²) in [6, 6.07) is 0. The molecule has 0 rings (SSSR count). The molecule has 0 aromatic rings. The molecular formula is C13H29NO3S. The van der Waals surface area contributed by atoms with Gasteiger partial charge in [0.25, 0.3) is 0 Å². The third-order valence-electron chi connectivity index (χ3n) is 2.58. The predicted molar refractivity (Wildman–Crippen MR) is 77.3 cm³/mol. The van der Waals surface area contributed by atoms with Crippen molar-refractivity contribution in [2.45, 2.75) is 46.3 Å². The van der Waals surface area contributed by atoms with Crippen molar-refractivity contribution in [3.63, 3.8) is 0 Å². The van der Waals surface area contributed by atoms with Gasteiger partial charge >= 0.3 is 0 Å². The number of ether oxygens (including phenoxy) is 1. The number of nitrogens with one attached hydrogen (secondary N) is 1. The highest BCUT2D eigenvalue weighted by Crippen LogP contribution is 2.07. The zero-order valence-corrected chi connectivity index (χ0v) is 13.0. The lowest BCUT2D eigenvalue weighted by Gasteiger charge is -2.18. The minimum Gasteiger partial charge on any atom is -0.389 e. The second-order valence-electron chi connectivity index (χ2n) is 5.06. The molecule has 0 radical (unpaired) electrons. The summed E-state index contributed by atoms with van der Waals surface area (Å²) in [7, 11) is -0.735. The topological polar surface area (TPSA) is 58.6 Å². The maximum Gasteiger partial charge on any atom is 0.0897 e. The van der Waals surface area contributed by atoms with E-state index in [4.69, 9.17) is 4.74 Å². The van der Waals surface area contributed by atoms with Crippen LogP contribution in [-0.4, -0.2) is 52.7 Å². The van der Waals surface area contributed by atoms with Crippen LogP contribution in [0.3, 0.4) is 0 Å². The standard InChI is InChI=1S/C13H29NO3S/c1-5-18(16)7-6-14-9-13(15)10-17-12(4)8-11(2)3/h11-15H,5-10H2,1-4H3. The predicted octanol–water partition coefficient (Wildman–Crippen LogP) is 1.16. The second kappa shape index (κ2) is 10.9. The van der Waals surface area contributed by atoms with Crippen molar-refractivity contribution in [1.82, 2.24) is 5.32 Å². The fourth-order valence-corrected chi connectivity index (χ4v) is 2.33. The van der Waals surface area contributed by atoms with Crippen LogP contribution in [0.25, 0.3) is 0 Å². The molecular weight excluding hydrogens is 250 g/mol. The van der Waals surface area contributed by atoms with Crippen molar-refractivity contribution in [1.29, 1.82) is 0 Å². The van der Waals surface area contributed by atoms with Gasteiger partial charge in [0.05, 0.1) is 18.8 Å². The van der Waals surface area contributed by atoms with E-state index < -0.39 is 16.9 Å². The lowest BCUT2D eigenvalue weighted by Crippen LogP contribution is -2.33. The van der Waals surface area contributed by atoms with E-state index in [-0.39, 0.29) is 6.10 Å². The van der Waals surface area contributed by atoms with Crippen LogP contribution in [0, 0.1) is 5.92 Å². The molecule has 5 heteroatoms. The molecule has 0 aromatic carbocycles. The highest BCUT2D eigenvalue weighted by Gasteiger charge is 2.09. The normalized spacial score (nSPS) is 16.8. The Morgan fingerprint density at radius 3 is 2.56 bits per heavy atom. The molecule has 3 atom stereocenters. The molecule has 0 amide bonds. The average Bonchev–Trinajstić information content (AvgIpc) is 2.30. The Morgan fingerprint density at radius 2 is 2.00 bits per heavy atom. The molecule has 2 N–H and O–H groups in total. The SMILES string of the molecule is CCS(=O)CCNCC(O)COC(C)CC(C)C. The third kappa shape index (κ3) is 11.1. The van der Waals surface area contributed by atoms with E-state index in [1.54, 1.807) is 0 Å². The van der Waals surface area contributed by atoms with Gasteiger partial charge in [-0.05, 0) is 19.3 Å². The summed E-state index contributed by atoms with van der Waals surface area (Å²) in [4.78, 5) is 0. The van der Waals surface area contributed by atoms with Gasteiger partial charge in [-0.25, -0.2) is 0 Å². The number of hydrogen-bond donors (Lipinski definition) is 2. The van der Waals surface area contributed by atoms with Crippen molar-refractivity contribution in [2.24, 2.45) is 5.92 Å². The Balaban J connectivity index is 3.47. The third-order valence-corrected chi connectivity index (χ3v) is 3.89. The molecule has 0 aliphatic heterocycles. The van der Waals surface area contributed by atoms with Gasteiger partial charge < -0.3 is 15.2 Å². The van der Waals surface area contributed by atoms with Gasteiger partial charge in [-0.15, -0.1) is 0 Å². The molecule has 0 saturated heterocycles. The summed E-state index contributed by atoms with van der Waals surface area (Å²) < 4.78 is 16.7. The van der Waals surface area contributed by atoms with E-state index in [0.29, 0.717) is 37.1 Å². The van der Waals surface area contributed by atoms with E-state index in [1.165, 1.54) is 0 Å². The van der Waals surface area contributed by atoms with Crippen molar-refractivity contribution in [2.75, 3.05) is 31.2 Å². The quantitative estimate of drug-likeness (QED) is 0.557. The molecule has 0 heterocycles. The Labute approximate surface area is 114 Å².